The Labute approximate surface area is 169 Å². The van der Waals surface area contributed by atoms with Crippen molar-refractivity contribution in [3.8, 4) is 0 Å². The van der Waals surface area contributed by atoms with Gasteiger partial charge in [0.2, 0.25) is 0 Å². The number of anilines is 1. The highest BCUT2D eigenvalue weighted by atomic mass is 16.5. The van der Waals surface area contributed by atoms with Gasteiger partial charge in [0.1, 0.15) is 6.04 Å². The molecular formula is C22H24N2O5. The number of carbonyl (C=O) groups excluding carboxylic acids is 2. The lowest BCUT2D eigenvalue weighted by atomic mass is 9.85. The smallest absolute Gasteiger partial charge is 0.326 e. The number of methoxy groups -OCH3 is 1. The van der Waals surface area contributed by atoms with Crippen LogP contribution in [0.5, 0.6) is 0 Å². The molecule has 1 fully saturated rings. The highest BCUT2D eigenvalue weighted by molar-refractivity contribution is 5.94. The van der Waals surface area contributed by atoms with E-state index in [4.69, 9.17) is 4.74 Å². The Morgan fingerprint density at radius 2 is 1.76 bits per heavy atom. The molecule has 29 heavy (non-hydrogen) atoms. The fraction of sp³-hybridized carbons (Fsp3) is 0.318. The number of urea groups is 1. The largest absolute Gasteiger partial charge is 0.480 e. The van der Waals surface area contributed by atoms with Crippen molar-refractivity contribution in [2.24, 2.45) is 11.8 Å². The van der Waals surface area contributed by atoms with Crippen molar-refractivity contribution in [1.29, 1.82) is 0 Å². The molecule has 0 bridgehead atoms. The summed E-state index contributed by atoms with van der Waals surface area (Å²) in [6.45, 7) is 3.57. The number of likely N-dealkylation sites (tertiary alicyclic amines) is 1. The molecule has 4 unspecified atom stereocenters. The van der Waals surface area contributed by atoms with Crippen LogP contribution in [0.1, 0.15) is 24.1 Å². The minimum Gasteiger partial charge on any atom is -0.480 e. The molecule has 0 aromatic heterocycles. The molecule has 2 aromatic rings. The summed E-state index contributed by atoms with van der Waals surface area (Å²) in [5, 5.41) is 12.6. The number of carbonyl (C=O) groups is 3. The minimum absolute atomic E-state index is 0.537. The van der Waals surface area contributed by atoms with E-state index >= 15 is 0 Å². The van der Waals surface area contributed by atoms with Gasteiger partial charge in [0.25, 0.3) is 0 Å². The summed E-state index contributed by atoms with van der Waals surface area (Å²) in [7, 11) is 1.27. The molecule has 2 N–H and O–H groups in total. The van der Waals surface area contributed by atoms with E-state index in [0.717, 1.165) is 5.56 Å². The lowest BCUT2D eigenvalue weighted by Crippen LogP contribution is -2.45. The second-order valence-electron chi connectivity index (χ2n) is 7.25. The molecule has 0 spiro atoms. The van der Waals surface area contributed by atoms with Gasteiger partial charge in [-0.2, -0.15) is 0 Å². The van der Waals surface area contributed by atoms with Gasteiger partial charge in [0, 0.05) is 11.6 Å². The van der Waals surface area contributed by atoms with Crippen molar-refractivity contribution in [2.45, 2.75) is 25.9 Å². The van der Waals surface area contributed by atoms with Crippen LogP contribution in [0.3, 0.4) is 0 Å². The van der Waals surface area contributed by atoms with Crippen molar-refractivity contribution in [2.75, 3.05) is 12.4 Å². The summed E-state index contributed by atoms with van der Waals surface area (Å²) in [5.74, 6) is -3.13. The number of aryl methyl sites for hydroxylation is 1. The van der Waals surface area contributed by atoms with Gasteiger partial charge in [-0.25, -0.2) is 9.59 Å². The SMILES string of the molecule is COC(=O)C1C(C)C(C(=O)O)N(C(=O)Nc2ccccc2)C1c1cccc(C)c1. The summed E-state index contributed by atoms with van der Waals surface area (Å²) >= 11 is 0. The number of para-hydroxylation sites is 1. The van der Waals surface area contributed by atoms with E-state index in [1.807, 2.05) is 31.2 Å². The Morgan fingerprint density at radius 1 is 1.07 bits per heavy atom. The molecule has 0 radical (unpaired) electrons. The average Bonchev–Trinajstić information content (AvgIpc) is 3.01. The average molecular weight is 396 g/mol. The van der Waals surface area contributed by atoms with Crippen LogP contribution < -0.4 is 5.32 Å². The topological polar surface area (TPSA) is 95.9 Å². The Kier molecular flexibility index (Phi) is 5.87. The van der Waals surface area contributed by atoms with Crippen molar-refractivity contribution in [3.63, 3.8) is 0 Å². The number of carboxylic acids is 1. The first kappa shape index (κ1) is 20.4. The second kappa shape index (κ2) is 8.34. The van der Waals surface area contributed by atoms with Gasteiger partial charge < -0.3 is 20.1 Å². The van der Waals surface area contributed by atoms with E-state index in [9.17, 15) is 19.5 Å². The first-order valence-electron chi connectivity index (χ1n) is 9.36. The van der Waals surface area contributed by atoms with Gasteiger partial charge in [0.05, 0.1) is 19.1 Å². The van der Waals surface area contributed by atoms with E-state index in [-0.39, 0.29) is 0 Å². The predicted molar refractivity (Wildman–Crippen MR) is 107 cm³/mol. The van der Waals surface area contributed by atoms with Crippen LogP contribution in [0.2, 0.25) is 0 Å². The van der Waals surface area contributed by atoms with E-state index in [1.54, 1.807) is 37.3 Å². The molecule has 1 aliphatic rings. The number of nitrogens with one attached hydrogen (secondary N) is 1. The number of amides is 2. The normalized spacial score (nSPS) is 23.5. The molecule has 1 saturated heterocycles. The number of ether oxygens (including phenoxy) is 1. The maximum Gasteiger partial charge on any atom is 0.326 e. The molecule has 1 aliphatic heterocycles. The zero-order chi connectivity index (χ0) is 21.1. The third-order valence-electron chi connectivity index (χ3n) is 5.37. The molecule has 2 amide bonds. The van der Waals surface area contributed by atoms with Gasteiger partial charge in [-0.15, -0.1) is 0 Å². The summed E-state index contributed by atoms with van der Waals surface area (Å²) in [5.41, 5.74) is 2.18. The zero-order valence-corrected chi connectivity index (χ0v) is 16.5. The maximum absolute atomic E-state index is 13.2. The van der Waals surface area contributed by atoms with E-state index in [2.05, 4.69) is 5.32 Å². The number of benzene rings is 2. The molecule has 0 saturated carbocycles. The van der Waals surface area contributed by atoms with Crippen LogP contribution in [0.4, 0.5) is 10.5 Å². The van der Waals surface area contributed by atoms with Crippen LogP contribution in [-0.2, 0) is 14.3 Å². The lowest BCUT2D eigenvalue weighted by molar-refractivity contribution is -0.147. The fourth-order valence-corrected chi connectivity index (χ4v) is 4.09. The van der Waals surface area contributed by atoms with Crippen molar-refractivity contribution >= 4 is 23.7 Å². The van der Waals surface area contributed by atoms with Gasteiger partial charge >= 0.3 is 18.0 Å². The van der Waals surface area contributed by atoms with Crippen molar-refractivity contribution < 1.29 is 24.2 Å². The molecule has 2 aromatic carbocycles. The molecule has 3 rings (SSSR count). The van der Waals surface area contributed by atoms with Gasteiger partial charge in [-0.1, -0.05) is 55.0 Å². The molecule has 1 heterocycles. The molecular weight excluding hydrogens is 372 g/mol. The molecule has 7 nitrogen and oxygen atoms in total. The van der Waals surface area contributed by atoms with Crippen LogP contribution in [0.15, 0.2) is 54.6 Å². The standard InChI is InChI=1S/C22H24N2O5/c1-13-8-7-9-15(12-13)19-17(21(27)29-3)14(2)18(20(25)26)24(19)22(28)23-16-10-5-4-6-11-16/h4-12,14,17-19H,1-3H3,(H,23,28)(H,25,26). The highest BCUT2D eigenvalue weighted by Crippen LogP contribution is 2.46. The Balaban J connectivity index is 2.09. The number of nitrogens with zero attached hydrogens (tertiary/aromatic N) is 1. The first-order chi connectivity index (χ1) is 13.8. The Morgan fingerprint density at radius 3 is 2.34 bits per heavy atom. The van der Waals surface area contributed by atoms with Crippen molar-refractivity contribution in [1.82, 2.24) is 4.90 Å². The third-order valence-corrected chi connectivity index (χ3v) is 5.37. The number of carboxylic acid groups (broad SMARTS) is 1. The number of rotatable bonds is 4. The lowest BCUT2D eigenvalue weighted by Gasteiger charge is -2.30. The number of esters is 1. The van der Waals surface area contributed by atoms with Crippen LogP contribution in [0.25, 0.3) is 0 Å². The van der Waals surface area contributed by atoms with Crippen LogP contribution in [-0.4, -0.2) is 41.1 Å². The Bertz CT molecular complexity index is 914. The van der Waals surface area contributed by atoms with E-state index in [1.165, 1.54) is 12.0 Å². The molecule has 4 atom stereocenters. The van der Waals surface area contributed by atoms with E-state index in [0.29, 0.717) is 11.3 Å². The second-order valence-corrected chi connectivity index (χ2v) is 7.25. The summed E-state index contributed by atoms with van der Waals surface area (Å²) in [6, 6.07) is 13.7. The van der Waals surface area contributed by atoms with Gasteiger partial charge in [-0.3, -0.25) is 4.79 Å². The molecule has 0 aliphatic carbocycles. The third kappa shape index (κ3) is 3.94. The molecule has 7 heteroatoms. The predicted octanol–water partition coefficient (Wildman–Crippen LogP) is 3.46. The minimum atomic E-state index is -1.17. The maximum atomic E-state index is 13.2. The van der Waals surface area contributed by atoms with Gasteiger partial charge in [-0.05, 0) is 24.6 Å². The van der Waals surface area contributed by atoms with Crippen LogP contribution in [0, 0.1) is 18.8 Å². The number of hydrogen-bond donors (Lipinski definition) is 2. The van der Waals surface area contributed by atoms with Gasteiger partial charge in [0.15, 0.2) is 0 Å². The summed E-state index contributed by atoms with van der Waals surface area (Å²) in [4.78, 5) is 39.2. The fourth-order valence-electron chi connectivity index (χ4n) is 4.09. The quantitative estimate of drug-likeness (QED) is 0.772. The highest BCUT2D eigenvalue weighted by Gasteiger charge is 2.56. The van der Waals surface area contributed by atoms with E-state index < -0.39 is 41.9 Å². The van der Waals surface area contributed by atoms with Crippen molar-refractivity contribution in [3.05, 3.63) is 65.7 Å². The molecule has 152 valence electrons. The summed E-state index contributed by atoms with van der Waals surface area (Å²) < 4.78 is 4.97. The monoisotopic (exact) mass is 396 g/mol. The zero-order valence-electron chi connectivity index (χ0n) is 16.5. The number of aliphatic carboxylic acids is 1. The first-order valence-corrected chi connectivity index (χ1v) is 9.36. The summed E-state index contributed by atoms with van der Waals surface area (Å²) in [6.07, 6.45) is 0. The number of hydrogen-bond acceptors (Lipinski definition) is 4. The Hall–Kier alpha value is -3.35. The van der Waals surface area contributed by atoms with Crippen LogP contribution >= 0.6 is 0 Å².